The zero-order valence-corrected chi connectivity index (χ0v) is 8.09. The van der Waals surface area contributed by atoms with E-state index in [0.29, 0.717) is 0 Å². The predicted molar refractivity (Wildman–Crippen MR) is 56.0 cm³/mol. The highest BCUT2D eigenvalue weighted by Gasteiger charge is 2.04. The molecular weight excluding hydrogens is 162 g/mol. The van der Waals surface area contributed by atoms with Gasteiger partial charge < -0.3 is 10.4 Å². The lowest BCUT2D eigenvalue weighted by molar-refractivity contribution is 0.318. The zero-order chi connectivity index (χ0) is 9.52. The van der Waals surface area contributed by atoms with E-state index in [1.807, 2.05) is 0 Å². The third-order valence-corrected chi connectivity index (χ3v) is 1.96. The van der Waals surface area contributed by atoms with Gasteiger partial charge in [-0.1, -0.05) is 18.2 Å². The Balaban J connectivity index is 0.000000251. The van der Waals surface area contributed by atoms with Crippen molar-refractivity contribution >= 4 is 5.69 Å². The predicted octanol–water partition coefficient (Wildman–Crippen LogP) is 2.04. The second-order valence-corrected chi connectivity index (χ2v) is 3.00. The highest BCUT2D eigenvalue weighted by Crippen LogP contribution is 2.19. The van der Waals surface area contributed by atoms with Gasteiger partial charge in [0.2, 0.25) is 0 Å². The minimum Gasteiger partial charge on any atom is -0.397 e. The molecule has 1 aliphatic heterocycles. The molecule has 72 valence electrons. The van der Waals surface area contributed by atoms with E-state index in [9.17, 15) is 0 Å². The van der Waals surface area contributed by atoms with Crippen LogP contribution >= 0.6 is 0 Å². The average molecular weight is 179 g/mol. The summed E-state index contributed by atoms with van der Waals surface area (Å²) in [5.41, 5.74) is 2.79. The number of aliphatic hydroxyl groups is 1. The van der Waals surface area contributed by atoms with Crippen LogP contribution in [0.4, 0.5) is 5.69 Å². The molecule has 2 N–H and O–H groups in total. The molecule has 1 aliphatic rings. The van der Waals surface area contributed by atoms with E-state index in [4.69, 9.17) is 5.11 Å². The van der Waals surface area contributed by atoms with Crippen LogP contribution in [0, 0.1) is 0 Å². The third kappa shape index (κ3) is 3.07. The van der Waals surface area contributed by atoms with Crippen molar-refractivity contribution in [1.29, 1.82) is 0 Å². The summed E-state index contributed by atoms with van der Waals surface area (Å²) < 4.78 is 0. The number of aliphatic hydroxyl groups excluding tert-OH is 1. The van der Waals surface area contributed by atoms with Crippen LogP contribution in [0.1, 0.15) is 18.9 Å². The molecule has 0 aromatic heterocycles. The topological polar surface area (TPSA) is 32.3 Å². The molecule has 0 amide bonds. The Morgan fingerprint density at radius 3 is 2.77 bits per heavy atom. The molecule has 0 bridgehead atoms. The van der Waals surface area contributed by atoms with Gasteiger partial charge in [-0.3, -0.25) is 0 Å². The van der Waals surface area contributed by atoms with Crippen molar-refractivity contribution in [1.82, 2.24) is 0 Å². The molecule has 1 heterocycles. The van der Waals surface area contributed by atoms with Crippen molar-refractivity contribution in [3.8, 4) is 0 Å². The summed E-state index contributed by atoms with van der Waals surface area (Å²) in [6, 6.07) is 8.53. The third-order valence-electron chi connectivity index (χ3n) is 1.96. The van der Waals surface area contributed by atoms with E-state index in [1.54, 1.807) is 6.92 Å². The van der Waals surface area contributed by atoms with Crippen LogP contribution in [0.15, 0.2) is 24.3 Å². The van der Waals surface area contributed by atoms with Crippen LogP contribution in [-0.4, -0.2) is 18.3 Å². The average Bonchev–Trinajstić information content (AvgIpc) is 2.19. The summed E-state index contributed by atoms with van der Waals surface area (Å²) in [7, 11) is 0. The number of hydrogen-bond acceptors (Lipinski definition) is 2. The summed E-state index contributed by atoms with van der Waals surface area (Å²) in [4.78, 5) is 0. The summed E-state index contributed by atoms with van der Waals surface area (Å²) in [5, 5.41) is 10.9. The lowest BCUT2D eigenvalue weighted by Crippen LogP contribution is -2.10. The number of fused-ring (bicyclic) bond motifs is 1. The molecule has 2 heteroatoms. The molecule has 13 heavy (non-hydrogen) atoms. The molecule has 0 atom stereocenters. The fraction of sp³-hybridized carbons (Fsp3) is 0.455. The Bertz CT molecular complexity index is 223. The molecule has 0 fully saturated rings. The second-order valence-electron chi connectivity index (χ2n) is 3.00. The van der Waals surface area contributed by atoms with Crippen molar-refractivity contribution in [3.63, 3.8) is 0 Å². The number of rotatable bonds is 0. The number of hydrogen-bond donors (Lipinski definition) is 2. The SMILES string of the molecule is CCO.c1ccc2c(c1)CCCN2. The van der Waals surface area contributed by atoms with Crippen LogP contribution in [0.5, 0.6) is 0 Å². The fourth-order valence-corrected chi connectivity index (χ4v) is 1.41. The standard InChI is InChI=1S/C9H11N.C2H6O/c1-2-6-9-8(4-1)5-3-7-10-9;1-2-3/h1-2,4,6,10H,3,5,7H2;3H,2H2,1H3. The van der Waals surface area contributed by atoms with Gasteiger partial charge in [-0.05, 0) is 31.4 Å². The van der Waals surface area contributed by atoms with Crippen LogP contribution in [0.25, 0.3) is 0 Å². The Morgan fingerprint density at radius 2 is 2.08 bits per heavy atom. The van der Waals surface area contributed by atoms with Gasteiger partial charge in [0.05, 0.1) is 0 Å². The maximum atomic E-state index is 7.57. The van der Waals surface area contributed by atoms with Crippen molar-refractivity contribution in [2.24, 2.45) is 0 Å². The largest absolute Gasteiger partial charge is 0.397 e. The Morgan fingerprint density at radius 1 is 1.38 bits per heavy atom. The van der Waals surface area contributed by atoms with Crippen molar-refractivity contribution in [3.05, 3.63) is 29.8 Å². The highest BCUT2D eigenvalue weighted by atomic mass is 16.2. The van der Waals surface area contributed by atoms with Crippen LogP contribution < -0.4 is 5.32 Å². The lowest BCUT2D eigenvalue weighted by Gasteiger charge is -2.16. The fourth-order valence-electron chi connectivity index (χ4n) is 1.41. The Kier molecular flexibility index (Phi) is 4.33. The molecule has 0 unspecified atom stereocenters. The molecule has 0 saturated carbocycles. The van der Waals surface area contributed by atoms with Crippen molar-refractivity contribution in [2.45, 2.75) is 19.8 Å². The van der Waals surface area contributed by atoms with Gasteiger partial charge in [-0.15, -0.1) is 0 Å². The summed E-state index contributed by atoms with van der Waals surface area (Å²) in [5.74, 6) is 0. The number of anilines is 1. The highest BCUT2D eigenvalue weighted by molar-refractivity contribution is 5.52. The van der Waals surface area contributed by atoms with E-state index in [0.717, 1.165) is 6.54 Å². The summed E-state index contributed by atoms with van der Waals surface area (Å²) in [6.07, 6.45) is 2.51. The minimum absolute atomic E-state index is 0.250. The van der Waals surface area contributed by atoms with Gasteiger partial charge in [-0.25, -0.2) is 0 Å². The molecule has 2 rings (SSSR count). The lowest BCUT2D eigenvalue weighted by atomic mass is 10.0. The number of aryl methyl sites for hydroxylation is 1. The summed E-state index contributed by atoms with van der Waals surface area (Å²) in [6.45, 7) is 3.07. The van der Waals surface area contributed by atoms with Gasteiger partial charge in [-0.2, -0.15) is 0 Å². The van der Waals surface area contributed by atoms with E-state index in [1.165, 1.54) is 24.1 Å². The first kappa shape index (κ1) is 10.1. The normalized spacial score (nSPS) is 13.4. The van der Waals surface area contributed by atoms with Gasteiger partial charge >= 0.3 is 0 Å². The maximum Gasteiger partial charge on any atom is 0.0402 e. The minimum atomic E-state index is 0.250. The second kappa shape index (κ2) is 5.60. The first-order valence-corrected chi connectivity index (χ1v) is 4.81. The smallest absolute Gasteiger partial charge is 0.0402 e. The van der Waals surface area contributed by atoms with E-state index in [2.05, 4.69) is 29.6 Å². The first-order valence-electron chi connectivity index (χ1n) is 4.81. The van der Waals surface area contributed by atoms with Crippen LogP contribution in [-0.2, 0) is 6.42 Å². The van der Waals surface area contributed by atoms with E-state index < -0.39 is 0 Å². The van der Waals surface area contributed by atoms with Gasteiger partial charge in [0.25, 0.3) is 0 Å². The van der Waals surface area contributed by atoms with Crippen LogP contribution in [0.2, 0.25) is 0 Å². The summed E-state index contributed by atoms with van der Waals surface area (Å²) >= 11 is 0. The van der Waals surface area contributed by atoms with Crippen molar-refractivity contribution in [2.75, 3.05) is 18.5 Å². The first-order chi connectivity index (χ1) is 6.38. The molecule has 0 spiro atoms. The molecule has 1 aromatic rings. The van der Waals surface area contributed by atoms with Gasteiger partial charge in [0.1, 0.15) is 0 Å². The molecule has 0 saturated heterocycles. The monoisotopic (exact) mass is 179 g/mol. The molecule has 1 aromatic carbocycles. The quantitative estimate of drug-likeness (QED) is 0.639. The molecule has 0 aliphatic carbocycles. The zero-order valence-electron chi connectivity index (χ0n) is 8.09. The van der Waals surface area contributed by atoms with Crippen LogP contribution in [0.3, 0.4) is 0 Å². The number of para-hydroxylation sites is 1. The van der Waals surface area contributed by atoms with E-state index in [-0.39, 0.29) is 6.61 Å². The van der Waals surface area contributed by atoms with Gasteiger partial charge in [0.15, 0.2) is 0 Å². The van der Waals surface area contributed by atoms with Crippen molar-refractivity contribution < 1.29 is 5.11 Å². The number of benzene rings is 1. The number of nitrogens with one attached hydrogen (secondary N) is 1. The molecule has 0 radical (unpaired) electrons. The van der Waals surface area contributed by atoms with E-state index >= 15 is 0 Å². The van der Waals surface area contributed by atoms with Gasteiger partial charge in [0, 0.05) is 18.8 Å². The maximum absolute atomic E-state index is 7.57. The Hall–Kier alpha value is -1.02. The molecule has 2 nitrogen and oxygen atoms in total. The molecular formula is C11H17NO. The Labute approximate surface area is 79.6 Å².